The molecule has 3 rings (SSSR count). The van der Waals surface area contributed by atoms with E-state index in [9.17, 15) is 31.6 Å². The van der Waals surface area contributed by atoms with E-state index in [0.29, 0.717) is 0 Å². The summed E-state index contributed by atoms with van der Waals surface area (Å²) in [5.74, 6) is 0. The number of fused-ring (bicyclic) bond motifs is 1. The maximum absolute atomic E-state index is 11.6. The molecule has 28 heavy (non-hydrogen) atoms. The van der Waals surface area contributed by atoms with Crippen molar-refractivity contribution in [1.29, 1.82) is 0 Å². The third-order valence-electron chi connectivity index (χ3n) is 4.41. The van der Waals surface area contributed by atoms with Crippen LogP contribution < -0.4 is 59.1 Å². The number of rotatable bonds is 2. The van der Waals surface area contributed by atoms with E-state index in [0.717, 1.165) is 18.2 Å². The van der Waals surface area contributed by atoms with E-state index >= 15 is 0 Å². The van der Waals surface area contributed by atoms with E-state index < -0.39 is 53.0 Å². The standard InChI is InChI=1S/C14H12Cl2O8S2.2Na/c15-11-4-9-10(5-14(11,16)26(22,23)24)12(17)7-2-1-6(25(19,20)21)3-8(7)13(9)18;;/h1-4,12-13,17-18H,5H2,(H,19,20,21)(H,22,23,24);;/q;2*+1. The van der Waals surface area contributed by atoms with Crippen molar-refractivity contribution in [3.05, 3.63) is 51.6 Å². The molecule has 0 bridgehead atoms. The molecule has 0 aromatic heterocycles. The van der Waals surface area contributed by atoms with Gasteiger partial charge in [-0.15, -0.1) is 0 Å². The summed E-state index contributed by atoms with van der Waals surface area (Å²) in [7, 11) is -9.38. The van der Waals surface area contributed by atoms with Crippen LogP contribution in [0.4, 0.5) is 0 Å². The summed E-state index contributed by atoms with van der Waals surface area (Å²) in [6.45, 7) is 0. The molecule has 0 saturated carbocycles. The van der Waals surface area contributed by atoms with Crippen LogP contribution in [0.2, 0.25) is 0 Å². The number of aliphatic hydroxyl groups is 2. The van der Waals surface area contributed by atoms with Crippen molar-refractivity contribution in [2.75, 3.05) is 0 Å². The zero-order valence-corrected chi connectivity index (χ0v) is 21.8. The summed E-state index contributed by atoms with van der Waals surface area (Å²) in [6, 6.07) is 3.20. The smallest absolute Gasteiger partial charge is 0.384 e. The second-order valence-corrected chi connectivity index (χ2v) is 10.3. The summed E-state index contributed by atoms with van der Waals surface area (Å²) in [5, 5.41) is 20.6. The van der Waals surface area contributed by atoms with Crippen LogP contribution in [0.1, 0.15) is 29.8 Å². The largest absolute Gasteiger partial charge is 1.00 e. The number of hydrogen-bond donors (Lipinski definition) is 4. The van der Waals surface area contributed by atoms with E-state index in [-0.39, 0.29) is 81.4 Å². The molecule has 3 atom stereocenters. The molecule has 0 radical (unpaired) electrons. The van der Waals surface area contributed by atoms with E-state index in [1.807, 2.05) is 0 Å². The normalized spacial score (nSPS) is 27.0. The molecular weight excluding hydrogens is 477 g/mol. The van der Waals surface area contributed by atoms with Gasteiger partial charge in [0.1, 0.15) is 12.2 Å². The van der Waals surface area contributed by atoms with Gasteiger partial charge in [0.15, 0.2) is 0 Å². The van der Waals surface area contributed by atoms with Crippen LogP contribution in [0.5, 0.6) is 0 Å². The maximum atomic E-state index is 11.6. The Bertz CT molecular complexity index is 1080. The molecule has 0 saturated heterocycles. The van der Waals surface area contributed by atoms with Gasteiger partial charge in [-0.25, -0.2) is 0 Å². The second kappa shape index (κ2) is 8.87. The quantitative estimate of drug-likeness (QED) is 0.185. The van der Waals surface area contributed by atoms with E-state index in [4.69, 9.17) is 27.8 Å². The molecular formula is C14H12Cl2Na2O8S2+2. The zero-order chi connectivity index (χ0) is 19.7. The molecule has 8 nitrogen and oxygen atoms in total. The topological polar surface area (TPSA) is 149 Å². The molecule has 2 aliphatic carbocycles. The number of benzene rings is 1. The van der Waals surface area contributed by atoms with Crippen LogP contribution in [0.3, 0.4) is 0 Å². The van der Waals surface area contributed by atoms with Crippen molar-refractivity contribution in [2.24, 2.45) is 0 Å². The molecule has 1 aromatic carbocycles. The van der Waals surface area contributed by atoms with Crippen LogP contribution >= 0.6 is 23.2 Å². The van der Waals surface area contributed by atoms with Crippen molar-refractivity contribution < 1.29 is 95.3 Å². The van der Waals surface area contributed by atoms with Gasteiger partial charge in [-0.1, -0.05) is 29.3 Å². The number of halogens is 2. The second-order valence-electron chi connectivity index (χ2n) is 5.92. The van der Waals surface area contributed by atoms with Gasteiger partial charge in [0.2, 0.25) is 4.21 Å². The van der Waals surface area contributed by atoms with Gasteiger partial charge in [0, 0.05) is 6.42 Å². The van der Waals surface area contributed by atoms with Crippen molar-refractivity contribution in [2.45, 2.75) is 27.7 Å². The first kappa shape index (κ1) is 27.1. The zero-order valence-electron chi connectivity index (χ0n) is 14.7. The molecule has 142 valence electrons. The molecule has 0 aliphatic heterocycles. The van der Waals surface area contributed by atoms with Gasteiger partial charge >= 0.3 is 59.1 Å². The summed E-state index contributed by atoms with van der Waals surface area (Å²) in [4.78, 5) is -0.484. The van der Waals surface area contributed by atoms with Crippen molar-refractivity contribution in [3.63, 3.8) is 0 Å². The molecule has 0 fully saturated rings. The van der Waals surface area contributed by atoms with Crippen molar-refractivity contribution in [1.82, 2.24) is 0 Å². The molecule has 0 amide bonds. The minimum absolute atomic E-state index is 0. The number of hydrogen-bond acceptors (Lipinski definition) is 6. The molecule has 1 aromatic rings. The van der Waals surface area contributed by atoms with Gasteiger partial charge in [0.05, 0.1) is 9.93 Å². The third kappa shape index (κ3) is 4.46. The van der Waals surface area contributed by atoms with Crippen LogP contribution in [0, 0.1) is 0 Å². The van der Waals surface area contributed by atoms with Gasteiger partial charge in [-0.3, -0.25) is 9.11 Å². The predicted molar refractivity (Wildman–Crippen MR) is 91.9 cm³/mol. The first-order valence-corrected chi connectivity index (χ1v) is 10.6. The summed E-state index contributed by atoms with van der Waals surface area (Å²) in [5.41, 5.74) is 0.148. The Morgan fingerprint density at radius 2 is 1.57 bits per heavy atom. The Kier molecular flexibility index (Phi) is 8.57. The number of alkyl halides is 1. The van der Waals surface area contributed by atoms with Crippen LogP contribution in [-0.2, 0) is 20.2 Å². The SMILES string of the molecule is O=S(=O)(O)c1ccc2c(c1)C(O)C1=C(CC(Cl)(S(=O)(=O)O)C(Cl)=C1)C2O.[Na+].[Na+]. The fraction of sp³-hybridized carbons (Fsp3) is 0.286. The summed E-state index contributed by atoms with van der Waals surface area (Å²) in [6.07, 6.45) is -2.46. The average Bonchev–Trinajstić information content (AvgIpc) is 2.52. The fourth-order valence-corrected chi connectivity index (χ4v) is 4.88. The number of aliphatic hydroxyl groups excluding tert-OH is 2. The van der Waals surface area contributed by atoms with Crippen LogP contribution in [0.15, 0.2) is 45.3 Å². The van der Waals surface area contributed by atoms with Crippen molar-refractivity contribution in [3.8, 4) is 0 Å². The first-order chi connectivity index (χ1) is 11.8. The van der Waals surface area contributed by atoms with E-state index in [1.54, 1.807) is 0 Å². The van der Waals surface area contributed by atoms with Crippen LogP contribution in [-0.4, -0.2) is 40.4 Å². The van der Waals surface area contributed by atoms with E-state index in [2.05, 4.69) is 0 Å². The summed E-state index contributed by atoms with van der Waals surface area (Å²) < 4.78 is 62.0. The van der Waals surface area contributed by atoms with Gasteiger partial charge in [0.25, 0.3) is 20.2 Å². The first-order valence-electron chi connectivity index (χ1n) is 7.01. The van der Waals surface area contributed by atoms with Crippen molar-refractivity contribution >= 4 is 43.4 Å². The fourth-order valence-electron chi connectivity index (χ4n) is 3.05. The Morgan fingerprint density at radius 1 is 1.00 bits per heavy atom. The Hall–Kier alpha value is 1.02. The average molecular weight is 489 g/mol. The third-order valence-corrected chi connectivity index (χ3v) is 8.00. The molecule has 0 heterocycles. The molecule has 3 unspecified atom stereocenters. The predicted octanol–water partition coefficient (Wildman–Crippen LogP) is -4.33. The molecule has 0 spiro atoms. The Balaban J connectivity index is 0.00000196. The van der Waals surface area contributed by atoms with Gasteiger partial charge in [-0.2, -0.15) is 16.8 Å². The summed E-state index contributed by atoms with van der Waals surface area (Å²) >= 11 is 11.9. The Labute approximate surface area is 215 Å². The molecule has 4 N–H and O–H groups in total. The minimum atomic E-state index is -4.84. The van der Waals surface area contributed by atoms with E-state index in [1.165, 1.54) is 6.07 Å². The molecule has 14 heteroatoms. The van der Waals surface area contributed by atoms with Gasteiger partial charge in [-0.05, 0) is 40.5 Å². The van der Waals surface area contributed by atoms with Crippen LogP contribution in [0.25, 0.3) is 0 Å². The molecule has 2 aliphatic rings. The Morgan fingerprint density at radius 3 is 2.07 bits per heavy atom. The minimum Gasteiger partial charge on any atom is -0.384 e. The monoisotopic (exact) mass is 488 g/mol. The van der Waals surface area contributed by atoms with Gasteiger partial charge < -0.3 is 10.2 Å². The maximum Gasteiger partial charge on any atom is 1.00 e.